The van der Waals surface area contributed by atoms with Gasteiger partial charge in [-0.1, -0.05) is 30.3 Å². The minimum atomic E-state index is -0.711. The van der Waals surface area contributed by atoms with Gasteiger partial charge >= 0.3 is 11.1 Å². The third-order valence-electron chi connectivity index (χ3n) is 5.33. The van der Waals surface area contributed by atoms with Gasteiger partial charge in [0.1, 0.15) is 5.75 Å². The number of carbonyl (C=O) groups excluding carboxylic acids is 1. The average molecular weight is 429 g/mol. The second kappa shape index (κ2) is 8.93. The molecular weight excluding hydrogens is 406 g/mol. The van der Waals surface area contributed by atoms with Crippen molar-refractivity contribution >= 4 is 22.6 Å². The first-order valence-corrected chi connectivity index (χ1v) is 10.3. The monoisotopic (exact) mass is 429 g/mol. The highest BCUT2D eigenvalue weighted by Gasteiger charge is 2.12. The van der Waals surface area contributed by atoms with Crippen LogP contribution in [0.5, 0.6) is 5.75 Å². The second-order valence-electron chi connectivity index (χ2n) is 7.38. The first-order valence-electron chi connectivity index (χ1n) is 10.3. The molecule has 162 valence electrons. The van der Waals surface area contributed by atoms with E-state index in [1.54, 1.807) is 38.3 Å². The number of carbonyl (C=O) groups is 1. The molecule has 4 rings (SSSR count). The van der Waals surface area contributed by atoms with E-state index in [0.29, 0.717) is 35.2 Å². The Balaban J connectivity index is 1.63. The second-order valence-corrected chi connectivity index (χ2v) is 7.38. The maximum Gasteiger partial charge on any atom is 0.316 e. The zero-order chi connectivity index (χ0) is 22.7. The molecule has 3 aromatic carbocycles. The number of H-pyrrole nitrogens is 1. The smallest absolute Gasteiger partial charge is 0.316 e. The molecule has 0 aliphatic carbocycles. The van der Waals surface area contributed by atoms with Gasteiger partial charge in [0, 0.05) is 29.8 Å². The van der Waals surface area contributed by atoms with E-state index in [1.807, 2.05) is 42.5 Å². The highest BCUT2D eigenvalue weighted by Crippen LogP contribution is 2.26. The van der Waals surface area contributed by atoms with E-state index in [9.17, 15) is 14.4 Å². The number of methoxy groups -OCH3 is 1. The molecule has 4 aromatic rings. The molecule has 0 bridgehead atoms. The summed E-state index contributed by atoms with van der Waals surface area (Å²) in [4.78, 5) is 39.4. The average Bonchev–Trinajstić information content (AvgIpc) is 2.80. The number of rotatable bonds is 6. The number of benzene rings is 3. The first kappa shape index (κ1) is 21.1. The lowest BCUT2D eigenvalue weighted by atomic mass is 10.0. The highest BCUT2D eigenvalue weighted by atomic mass is 16.5. The molecule has 2 N–H and O–H groups in total. The van der Waals surface area contributed by atoms with Gasteiger partial charge in [-0.2, -0.15) is 0 Å². The van der Waals surface area contributed by atoms with Crippen molar-refractivity contribution in [1.29, 1.82) is 0 Å². The largest absolute Gasteiger partial charge is 0.496 e. The van der Waals surface area contributed by atoms with Crippen LogP contribution in [0.2, 0.25) is 0 Å². The SMILES string of the molecule is CCn1c(=O)c(=O)[nH]c2cc(C(=O)Nc3ccc(OC)c(Cc4ccccc4)c3)ccc21. The number of nitrogens with zero attached hydrogens (tertiary/aromatic N) is 1. The lowest BCUT2D eigenvalue weighted by Crippen LogP contribution is -2.36. The standard InChI is InChI=1S/C25H23N3O4/c1-3-28-21-11-9-17(15-20(21)27-24(30)25(28)31)23(29)26-19-10-12-22(32-2)18(14-19)13-16-7-5-4-6-8-16/h4-12,14-15H,3,13H2,1-2H3,(H,26,29)(H,27,30). The van der Waals surface area contributed by atoms with Gasteiger partial charge in [0.05, 0.1) is 18.1 Å². The van der Waals surface area contributed by atoms with Crippen LogP contribution in [0.15, 0.2) is 76.3 Å². The third kappa shape index (κ3) is 4.18. The summed E-state index contributed by atoms with van der Waals surface area (Å²) in [5.41, 5.74) is 2.77. The number of fused-ring (bicyclic) bond motifs is 1. The van der Waals surface area contributed by atoms with E-state index in [4.69, 9.17) is 4.74 Å². The Hall–Kier alpha value is -4.13. The number of aromatic amines is 1. The molecule has 32 heavy (non-hydrogen) atoms. The van der Waals surface area contributed by atoms with Crippen LogP contribution in [-0.4, -0.2) is 22.6 Å². The molecule has 0 atom stereocenters. The number of ether oxygens (including phenoxy) is 1. The molecule has 1 heterocycles. The number of anilines is 1. The molecule has 1 amide bonds. The van der Waals surface area contributed by atoms with Gasteiger partial charge in [-0.15, -0.1) is 0 Å². The van der Waals surface area contributed by atoms with Gasteiger partial charge in [-0.3, -0.25) is 14.4 Å². The number of nitrogens with one attached hydrogen (secondary N) is 2. The topological polar surface area (TPSA) is 93.2 Å². The highest BCUT2D eigenvalue weighted by molar-refractivity contribution is 6.06. The van der Waals surface area contributed by atoms with Crippen molar-refractivity contribution in [2.24, 2.45) is 0 Å². The minimum absolute atomic E-state index is 0.321. The molecule has 7 heteroatoms. The van der Waals surface area contributed by atoms with Crippen LogP contribution in [0.3, 0.4) is 0 Å². The van der Waals surface area contributed by atoms with Gasteiger partial charge in [0.25, 0.3) is 5.91 Å². The molecule has 0 fully saturated rings. The zero-order valence-electron chi connectivity index (χ0n) is 17.8. The van der Waals surface area contributed by atoms with Crippen molar-refractivity contribution < 1.29 is 9.53 Å². The summed E-state index contributed by atoms with van der Waals surface area (Å²) in [5, 5.41) is 2.90. The molecule has 0 aliphatic rings. The van der Waals surface area contributed by atoms with Crippen LogP contribution in [0, 0.1) is 0 Å². The van der Waals surface area contributed by atoms with Gasteiger partial charge in [-0.05, 0) is 48.9 Å². The number of aromatic nitrogens is 2. The normalized spacial score (nSPS) is 10.8. The van der Waals surface area contributed by atoms with Crippen LogP contribution in [-0.2, 0) is 13.0 Å². The summed E-state index contributed by atoms with van der Waals surface area (Å²) in [6.45, 7) is 2.15. The van der Waals surface area contributed by atoms with Crippen molar-refractivity contribution in [3.63, 3.8) is 0 Å². The van der Waals surface area contributed by atoms with Gasteiger partial charge < -0.3 is 19.6 Å². The molecule has 7 nitrogen and oxygen atoms in total. The predicted octanol–water partition coefficient (Wildman–Crippen LogP) is 3.56. The molecule has 0 saturated heterocycles. The number of hydrogen-bond donors (Lipinski definition) is 2. The molecular formula is C25H23N3O4. The Labute approximate surface area is 184 Å². The number of aryl methyl sites for hydroxylation is 1. The fourth-order valence-electron chi connectivity index (χ4n) is 3.75. The molecule has 0 radical (unpaired) electrons. The summed E-state index contributed by atoms with van der Waals surface area (Å²) in [6, 6.07) is 20.4. The predicted molar refractivity (Wildman–Crippen MR) is 125 cm³/mol. The summed E-state index contributed by atoms with van der Waals surface area (Å²) in [7, 11) is 1.62. The lowest BCUT2D eigenvalue weighted by Gasteiger charge is -2.13. The van der Waals surface area contributed by atoms with E-state index < -0.39 is 11.1 Å². The quantitative estimate of drug-likeness (QED) is 0.459. The Morgan fingerprint density at radius 2 is 1.81 bits per heavy atom. The molecule has 0 aliphatic heterocycles. The van der Waals surface area contributed by atoms with Crippen molar-refractivity contribution in [3.05, 3.63) is 104 Å². The van der Waals surface area contributed by atoms with E-state index in [2.05, 4.69) is 10.3 Å². The summed E-state index contributed by atoms with van der Waals surface area (Å²) >= 11 is 0. The van der Waals surface area contributed by atoms with Crippen LogP contribution >= 0.6 is 0 Å². The van der Waals surface area contributed by atoms with Crippen LogP contribution in [0.1, 0.15) is 28.4 Å². The Kier molecular flexibility index (Phi) is 5.89. The Morgan fingerprint density at radius 1 is 1.03 bits per heavy atom. The summed E-state index contributed by atoms with van der Waals surface area (Å²) in [5.74, 6) is 0.422. The lowest BCUT2D eigenvalue weighted by molar-refractivity contribution is 0.102. The summed E-state index contributed by atoms with van der Waals surface area (Å²) in [6.07, 6.45) is 0.666. The molecule has 0 unspecified atom stereocenters. The molecule has 1 aromatic heterocycles. The van der Waals surface area contributed by atoms with Gasteiger partial charge in [-0.25, -0.2) is 0 Å². The van der Waals surface area contributed by atoms with Crippen LogP contribution in [0.25, 0.3) is 11.0 Å². The van der Waals surface area contributed by atoms with Crippen molar-refractivity contribution in [2.75, 3.05) is 12.4 Å². The molecule has 0 saturated carbocycles. The Morgan fingerprint density at radius 3 is 2.53 bits per heavy atom. The minimum Gasteiger partial charge on any atom is -0.496 e. The third-order valence-corrected chi connectivity index (χ3v) is 5.33. The van der Waals surface area contributed by atoms with E-state index in [-0.39, 0.29) is 5.91 Å². The van der Waals surface area contributed by atoms with Gasteiger partial charge in [0.2, 0.25) is 0 Å². The van der Waals surface area contributed by atoms with Crippen LogP contribution < -0.4 is 21.2 Å². The zero-order valence-corrected chi connectivity index (χ0v) is 17.8. The van der Waals surface area contributed by atoms with E-state index >= 15 is 0 Å². The fraction of sp³-hybridized carbons (Fsp3) is 0.160. The van der Waals surface area contributed by atoms with Gasteiger partial charge in [0.15, 0.2) is 0 Å². The van der Waals surface area contributed by atoms with Crippen LogP contribution in [0.4, 0.5) is 5.69 Å². The van der Waals surface area contributed by atoms with E-state index in [1.165, 1.54) is 4.57 Å². The molecule has 0 spiro atoms. The number of hydrogen-bond acceptors (Lipinski definition) is 4. The number of amides is 1. The maximum atomic E-state index is 12.9. The fourth-order valence-corrected chi connectivity index (χ4v) is 3.75. The maximum absolute atomic E-state index is 12.9. The first-order chi connectivity index (χ1) is 15.5. The summed E-state index contributed by atoms with van der Waals surface area (Å²) < 4.78 is 6.86. The van der Waals surface area contributed by atoms with Crippen molar-refractivity contribution in [1.82, 2.24) is 9.55 Å². The van der Waals surface area contributed by atoms with Crippen molar-refractivity contribution in [2.45, 2.75) is 19.9 Å². The Bertz CT molecular complexity index is 1400. The van der Waals surface area contributed by atoms with E-state index in [0.717, 1.165) is 16.9 Å². The van der Waals surface area contributed by atoms with Crippen molar-refractivity contribution in [3.8, 4) is 5.75 Å².